The van der Waals surface area contributed by atoms with Crippen LogP contribution in [0.3, 0.4) is 0 Å². The molecule has 0 heterocycles. The molecule has 144 valence electrons. The van der Waals surface area contributed by atoms with Crippen molar-refractivity contribution in [1.29, 1.82) is 0 Å². The standard InChI is InChI=1S/C21H25ClN2O2S/c1-3-4-5-8-13-26-19-10-7-6-9-17(19)20(25)24-21(27)23-18-14-16(22)12-11-15(18)2/h6-7,9-12,14H,3-5,8,13H2,1-2H3,(H2,23,24,25,27). The second-order valence-electron chi connectivity index (χ2n) is 6.27. The minimum Gasteiger partial charge on any atom is -0.493 e. The number of halogens is 1. The van der Waals surface area contributed by atoms with Crippen LogP contribution < -0.4 is 15.4 Å². The average Bonchev–Trinajstić information content (AvgIpc) is 2.64. The summed E-state index contributed by atoms with van der Waals surface area (Å²) < 4.78 is 5.80. The molecule has 0 aliphatic heterocycles. The maximum absolute atomic E-state index is 12.6. The van der Waals surface area contributed by atoms with E-state index >= 15 is 0 Å². The Hall–Kier alpha value is -2.11. The summed E-state index contributed by atoms with van der Waals surface area (Å²) >= 11 is 11.3. The highest BCUT2D eigenvalue weighted by atomic mass is 35.5. The van der Waals surface area contributed by atoms with Gasteiger partial charge >= 0.3 is 0 Å². The SMILES string of the molecule is CCCCCCOc1ccccc1C(=O)NC(=S)Nc1cc(Cl)ccc1C. The van der Waals surface area contributed by atoms with Crippen molar-refractivity contribution >= 4 is 40.5 Å². The van der Waals surface area contributed by atoms with Crippen LogP contribution in [0, 0.1) is 6.92 Å². The Morgan fingerprint density at radius 3 is 2.70 bits per heavy atom. The number of aryl methyl sites for hydroxylation is 1. The molecule has 0 aliphatic rings. The molecule has 0 saturated carbocycles. The highest BCUT2D eigenvalue weighted by Crippen LogP contribution is 2.21. The highest BCUT2D eigenvalue weighted by Gasteiger charge is 2.14. The summed E-state index contributed by atoms with van der Waals surface area (Å²) in [5, 5.41) is 6.52. The predicted octanol–water partition coefficient (Wildman–Crippen LogP) is 5.73. The molecule has 0 fully saturated rings. The van der Waals surface area contributed by atoms with E-state index in [1.54, 1.807) is 30.3 Å². The van der Waals surface area contributed by atoms with Gasteiger partial charge < -0.3 is 10.1 Å². The number of carbonyl (C=O) groups is 1. The smallest absolute Gasteiger partial charge is 0.261 e. The Bertz CT molecular complexity index is 796. The number of ether oxygens (including phenoxy) is 1. The predicted molar refractivity (Wildman–Crippen MR) is 116 cm³/mol. The summed E-state index contributed by atoms with van der Waals surface area (Å²) in [6, 6.07) is 12.6. The zero-order valence-electron chi connectivity index (χ0n) is 15.7. The summed E-state index contributed by atoms with van der Waals surface area (Å²) in [6.45, 7) is 4.70. The van der Waals surface area contributed by atoms with Gasteiger partial charge in [-0.05, 0) is 55.4 Å². The first-order valence-electron chi connectivity index (χ1n) is 9.11. The largest absolute Gasteiger partial charge is 0.493 e. The number of anilines is 1. The van der Waals surface area contributed by atoms with Gasteiger partial charge in [0.2, 0.25) is 0 Å². The molecule has 0 spiro atoms. The van der Waals surface area contributed by atoms with Crippen LogP contribution in [0.5, 0.6) is 5.75 Å². The van der Waals surface area contributed by atoms with Gasteiger partial charge in [-0.25, -0.2) is 0 Å². The van der Waals surface area contributed by atoms with Crippen LogP contribution >= 0.6 is 23.8 Å². The van der Waals surface area contributed by atoms with E-state index < -0.39 is 0 Å². The van der Waals surface area contributed by atoms with Crippen LogP contribution in [0.2, 0.25) is 5.02 Å². The third-order valence-corrected chi connectivity index (χ3v) is 4.50. The van der Waals surface area contributed by atoms with Crippen LogP contribution in [0.15, 0.2) is 42.5 Å². The van der Waals surface area contributed by atoms with Gasteiger partial charge in [0.05, 0.1) is 12.2 Å². The topological polar surface area (TPSA) is 50.4 Å². The van der Waals surface area contributed by atoms with E-state index in [4.69, 9.17) is 28.6 Å². The van der Waals surface area contributed by atoms with Gasteiger partial charge in [0.15, 0.2) is 5.11 Å². The minimum atomic E-state index is -0.309. The van der Waals surface area contributed by atoms with E-state index in [0.29, 0.717) is 22.9 Å². The van der Waals surface area contributed by atoms with Gasteiger partial charge in [0.25, 0.3) is 5.91 Å². The molecule has 0 saturated heterocycles. The summed E-state index contributed by atoms with van der Waals surface area (Å²) in [5.74, 6) is 0.254. The van der Waals surface area contributed by atoms with Crippen molar-refractivity contribution in [2.45, 2.75) is 39.5 Å². The zero-order valence-corrected chi connectivity index (χ0v) is 17.3. The Balaban J connectivity index is 1.96. The Morgan fingerprint density at radius 1 is 1.15 bits per heavy atom. The van der Waals surface area contributed by atoms with Crippen molar-refractivity contribution in [1.82, 2.24) is 5.32 Å². The van der Waals surface area contributed by atoms with E-state index in [1.807, 2.05) is 19.1 Å². The highest BCUT2D eigenvalue weighted by molar-refractivity contribution is 7.80. The fraction of sp³-hybridized carbons (Fsp3) is 0.333. The van der Waals surface area contributed by atoms with Crippen molar-refractivity contribution < 1.29 is 9.53 Å². The Labute approximate surface area is 171 Å². The third-order valence-electron chi connectivity index (χ3n) is 4.06. The number of nitrogens with one attached hydrogen (secondary N) is 2. The number of thiocarbonyl (C=S) groups is 1. The van der Waals surface area contributed by atoms with Gasteiger partial charge in [-0.3, -0.25) is 10.1 Å². The number of hydrogen-bond acceptors (Lipinski definition) is 3. The van der Waals surface area contributed by atoms with Gasteiger partial charge in [-0.15, -0.1) is 0 Å². The summed E-state index contributed by atoms with van der Waals surface area (Å²) in [6.07, 6.45) is 4.46. The van der Waals surface area contributed by atoms with Crippen molar-refractivity contribution in [3.63, 3.8) is 0 Å². The molecular formula is C21H25ClN2O2S. The zero-order chi connectivity index (χ0) is 19.6. The monoisotopic (exact) mass is 404 g/mol. The molecule has 0 atom stereocenters. The fourth-order valence-electron chi connectivity index (χ4n) is 2.54. The lowest BCUT2D eigenvalue weighted by molar-refractivity contribution is 0.0973. The molecule has 2 aromatic rings. The first kappa shape index (κ1) is 21.2. The van der Waals surface area contributed by atoms with Crippen LogP contribution in [0.1, 0.15) is 48.5 Å². The number of benzene rings is 2. The molecule has 2 rings (SSSR count). The average molecular weight is 405 g/mol. The van der Waals surface area contributed by atoms with Crippen molar-refractivity contribution in [2.24, 2.45) is 0 Å². The van der Waals surface area contributed by atoms with E-state index in [0.717, 1.165) is 24.1 Å². The fourth-order valence-corrected chi connectivity index (χ4v) is 2.92. The quantitative estimate of drug-likeness (QED) is 0.435. The normalized spacial score (nSPS) is 10.3. The molecule has 6 heteroatoms. The van der Waals surface area contributed by atoms with Gasteiger partial charge in [0.1, 0.15) is 5.75 Å². The molecular weight excluding hydrogens is 380 g/mol. The lowest BCUT2D eigenvalue weighted by Crippen LogP contribution is -2.34. The van der Waals surface area contributed by atoms with Gasteiger partial charge in [-0.1, -0.05) is 56.0 Å². The van der Waals surface area contributed by atoms with Crippen molar-refractivity contribution in [3.05, 3.63) is 58.6 Å². The minimum absolute atomic E-state index is 0.211. The van der Waals surface area contributed by atoms with Crippen LogP contribution in [-0.2, 0) is 0 Å². The van der Waals surface area contributed by atoms with E-state index in [9.17, 15) is 4.79 Å². The second-order valence-corrected chi connectivity index (χ2v) is 7.12. The maximum Gasteiger partial charge on any atom is 0.261 e. The number of carbonyl (C=O) groups excluding carboxylic acids is 1. The van der Waals surface area contributed by atoms with Gasteiger partial charge in [-0.2, -0.15) is 0 Å². The van der Waals surface area contributed by atoms with Crippen LogP contribution in [0.4, 0.5) is 5.69 Å². The number of para-hydroxylation sites is 1. The summed E-state index contributed by atoms with van der Waals surface area (Å²) in [5.41, 5.74) is 2.19. The number of hydrogen-bond donors (Lipinski definition) is 2. The van der Waals surface area contributed by atoms with Crippen molar-refractivity contribution in [3.8, 4) is 5.75 Å². The lowest BCUT2D eigenvalue weighted by atomic mass is 10.2. The molecule has 0 bridgehead atoms. The molecule has 0 radical (unpaired) electrons. The van der Waals surface area contributed by atoms with Crippen LogP contribution in [0.25, 0.3) is 0 Å². The van der Waals surface area contributed by atoms with E-state index in [-0.39, 0.29) is 11.0 Å². The maximum atomic E-state index is 12.6. The van der Waals surface area contributed by atoms with E-state index in [2.05, 4.69) is 17.6 Å². The Morgan fingerprint density at radius 2 is 1.93 bits per heavy atom. The second kappa shape index (κ2) is 10.9. The first-order chi connectivity index (χ1) is 13.0. The molecule has 4 nitrogen and oxygen atoms in total. The number of amides is 1. The van der Waals surface area contributed by atoms with Gasteiger partial charge in [0, 0.05) is 10.7 Å². The molecule has 0 aromatic heterocycles. The number of rotatable bonds is 8. The molecule has 0 aliphatic carbocycles. The third kappa shape index (κ3) is 6.85. The molecule has 0 unspecified atom stereocenters. The van der Waals surface area contributed by atoms with E-state index in [1.165, 1.54) is 12.8 Å². The summed E-state index contributed by atoms with van der Waals surface area (Å²) in [4.78, 5) is 12.6. The molecule has 2 aromatic carbocycles. The first-order valence-corrected chi connectivity index (χ1v) is 9.90. The van der Waals surface area contributed by atoms with Crippen molar-refractivity contribution in [2.75, 3.05) is 11.9 Å². The molecule has 27 heavy (non-hydrogen) atoms. The van der Waals surface area contributed by atoms with Crippen LogP contribution in [-0.4, -0.2) is 17.6 Å². The Kier molecular flexibility index (Phi) is 8.55. The molecule has 2 N–H and O–H groups in total. The summed E-state index contributed by atoms with van der Waals surface area (Å²) in [7, 11) is 0. The number of unbranched alkanes of at least 4 members (excludes halogenated alkanes) is 3. The lowest BCUT2D eigenvalue weighted by Gasteiger charge is -2.14. The molecule has 1 amide bonds.